The van der Waals surface area contributed by atoms with Gasteiger partial charge in [0.2, 0.25) is 0 Å². The number of β-amino-alcohol motifs (C(OH)–C–C–N with tert-alkyl or cyclic N) is 1. The van der Waals surface area contributed by atoms with Crippen LogP contribution in [-0.4, -0.2) is 47.1 Å². The summed E-state index contributed by atoms with van der Waals surface area (Å²) in [4.78, 5) is 8.01. The Hall–Kier alpha value is -2.17. The van der Waals surface area contributed by atoms with Crippen molar-refractivity contribution in [3.8, 4) is 11.1 Å². The molecule has 1 saturated heterocycles. The highest BCUT2D eigenvalue weighted by atomic mass is 16.6. The van der Waals surface area contributed by atoms with Gasteiger partial charge >= 0.3 is 0 Å². The lowest BCUT2D eigenvalue weighted by Crippen LogP contribution is -2.48. The zero-order valence-corrected chi connectivity index (χ0v) is 16.1. The molecule has 4 nitrogen and oxygen atoms in total. The second-order valence-electron chi connectivity index (χ2n) is 7.81. The van der Waals surface area contributed by atoms with Crippen LogP contribution >= 0.6 is 0 Å². The lowest BCUT2D eigenvalue weighted by molar-refractivity contribution is -0.00746. The van der Waals surface area contributed by atoms with Crippen molar-refractivity contribution in [1.29, 1.82) is 0 Å². The van der Waals surface area contributed by atoms with Gasteiger partial charge in [-0.25, -0.2) is 0 Å². The zero-order valence-electron chi connectivity index (χ0n) is 16.1. The molecule has 4 rings (SSSR count). The third kappa shape index (κ3) is 3.64. The first-order valence-electron chi connectivity index (χ1n) is 9.98. The summed E-state index contributed by atoms with van der Waals surface area (Å²) < 4.78 is 0. The molecule has 1 aliphatic heterocycles. The molecule has 1 aliphatic carbocycles. The second-order valence-corrected chi connectivity index (χ2v) is 7.81. The zero-order chi connectivity index (χ0) is 18.8. The molecule has 0 aromatic heterocycles. The summed E-state index contributed by atoms with van der Waals surface area (Å²) in [7, 11) is 0. The van der Waals surface area contributed by atoms with Crippen molar-refractivity contribution in [2.24, 2.45) is 5.16 Å². The van der Waals surface area contributed by atoms with Crippen molar-refractivity contribution in [3.63, 3.8) is 0 Å². The van der Waals surface area contributed by atoms with E-state index in [0.29, 0.717) is 18.6 Å². The molecule has 1 fully saturated rings. The standard InChI is InChI=1S/C23H28N2O2/c1-16-8-7-9-17(2)25(16)14-18(26)15-27-24-23-21-12-5-3-10-19(21)20-11-4-6-13-22(20)23/h3-6,10-13,16-18,26H,7-9,14-15H2,1-2H3/t16-,17-,18+/m0/s1. The van der Waals surface area contributed by atoms with E-state index in [1.54, 1.807) is 0 Å². The average Bonchev–Trinajstić information content (AvgIpc) is 2.99. The Kier molecular flexibility index (Phi) is 5.28. The molecule has 0 spiro atoms. The lowest BCUT2D eigenvalue weighted by atomic mass is 9.97. The minimum Gasteiger partial charge on any atom is -0.392 e. The fourth-order valence-electron chi connectivity index (χ4n) is 4.41. The topological polar surface area (TPSA) is 45.1 Å². The molecule has 0 saturated carbocycles. The summed E-state index contributed by atoms with van der Waals surface area (Å²) in [6.45, 7) is 5.34. The van der Waals surface area contributed by atoms with Gasteiger partial charge in [0.1, 0.15) is 18.4 Å². The molecule has 0 unspecified atom stereocenters. The molecule has 3 atom stereocenters. The Bertz CT molecular complexity index is 775. The molecule has 1 heterocycles. The number of rotatable bonds is 5. The van der Waals surface area contributed by atoms with Crippen LogP contribution in [0.15, 0.2) is 53.7 Å². The first-order chi connectivity index (χ1) is 13.1. The number of hydrogen-bond donors (Lipinski definition) is 1. The molecule has 0 bridgehead atoms. The summed E-state index contributed by atoms with van der Waals surface area (Å²) in [6.07, 6.45) is 3.14. The number of nitrogens with zero attached hydrogens (tertiary/aromatic N) is 2. The van der Waals surface area contributed by atoms with Gasteiger partial charge in [-0.3, -0.25) is 4.90 Å². The van der Waals surface area contributed by atoms with Crippen molar-refractivity contribution in [1.82, 2.24) is 4.90 Å². The Morgan fingerprint density at radius 3 is 2.04 bits per heavy atom. The highest BCUT2D eigenvalue weighted by molar-refractivity contribution is 6.24. The largest absolute Gasteiger partial charge is 0.392 e. The van der Waals surface area contributed by atoms with Crippen molar-refractivity contribution in [3.05, 3.63) is 59.7 Å². The van der Waals surface area contributed by atoms with Gasteiger partial charge in [-0.2, -0.15) is 0 Å². The summed E-state index contributed by atoms with van der Waals surface area (Å²) in [6, 6.07) is 17.5. The molecule has 142 valence electrons. The van der Waals surface area contributed by atoms with E-state index in [2.05, 4.69) is 48.2 Å². The molecule has 1 N–H and O–H groups in total. The molecular weight excluding hydrogens is 336 g/mol. The number of fused-ring (bicyclic) bond motifs is 3. The van der Waals surface area contributed by atoms with E-state index >= 15 is 0 Å². The van der Waals surface area contributed by atoms with Gasteiger partial charge in [0.25, 0.3) is 0 Å². The lowest BCUT2D eigenvalue weighted by Gasteiger charge is -2.39. The highest BCUT2D eigenvalue weighted by Crippen LogP contribution is 2.36. The monoisotopic (exact) mass is 364 g/mol. The Morgan fingerprint density at radius 2 is 1.48 bits per heavy atom. The maximum atomic E-state index is 10.5. The van der Waals surface area contributed by atoms with E-state index in [1.165, 1.54) is 30.4 Å². The number of likely N-dealkylation sites (tertiary alicyclic amines) is 1. The van der Waals surface area contributed by atoms with Gasteiger partial charge in [0, 0.05) is 29.8 Å². The van der Waals surface area contributed by atoms with Gasteiger partial charge in [0.15, 0.2) is 0 Å². The summed E-state index contributed by atoms with van der Waals surface area (Å²) in [5.74, 6) is 0. The fourth-order valence-corrected chi connectivity index (χ4v) is 4.41. The number of piperidine rings is 1. The summed E-state index contributed by atoms with van der Waals surface area (Å²) >= 11 is 0. The van der Waals surface area contributed by atoms with Crippen molar-refractivity contribution in [2.75, 3.05) is 13.2 Å². The van der Waals surface area contributed by atoms with E-state index in [4.69, 9.17) is 4.84 Å². The first-order valence-corrected chi connectivity index (χ1v) is 9.98. The molecule has 4 heteroatoms. The van der Waals surface area contributed by atoms with Gasteiger partial charge in [0.05, 0.1) is 0 Å². The predicted molar refractivity (Wildman–Crippen MR) is 109 cm³/mol. The molecule has 2 aliphatic rings. The van der Waals surface area contributed by atoms with Crippen LogP contribution in [0.1, 0.15) is 44.2 Å². The van der Waals surface area contributed by atoms with Crippen LogP contribution in [0.3, 0.4) is 0 Å². The van der Waals surface area contributed by atoms with Crippen LogP contribution < -0.4 is 0 Å². The molecular formula is C23H28N2O2. The van der Waals surface area contributed by atoms with Gasteiger partial charge in [-0.1, -0.05) is 60.1 Å². The van der Waals surface area contributed by atoms with Gasteiger partial charge in [-0.15, -0.1) is 0 Å². The Labute approximate surface area is 161 Å². The predicted octanol–water partition coefficient (Wildman–Crippen LogP) is 4.06. The van der Waals surface area contributed by atoms with Crippen molar-refractivity contribution < 1.29 is 9.94 Å². The van der Waals surface area contributed by atoms with Crippen LogP contribution in [-0.2, 0) is 4.84 Å². The number of benzene rings is 2. The fraction of sp³-hybridized carbons (Fsp3) is 0.435. The van der Waals surface area contributed by atoms with Gasteiger partial charge < -0.3 is 9.94 Å². The first kappa shape index (κ1) is 18.2. The quantitative estimate of drug-likeness (QED) is 0.695. The highest BCUT2D eigenvalue weighted by Gasteiger charge is 2.27. The minimum atomic E-state index is -0.538. The van der Waals surface area contributed by atoms with Gasteiger partial charge in [-0.05, 0) is 37.8 Å². The van der Waals surface area contributed by atoms with Crippen LogP contribution in [0.5, 0.6) is 0 Å². The normalized spacial score (nSPS) is 22.9. The van der Waals surface area contributed by atoms with Crippen LogP contribution in [0.25, 0.3) is 11.1 Å². The molecule has 0 amide bonds. The SMILES string of the molecule is C[C@H]1CCC[C@H](C)N1C[C@@H](O)CON=C1c2ccccc2-c2ccccc21. The molecule has 0 radical (unpaired) electrons. The molecule has 27 heavy (non-hydrogen) atoms. The van der Waals surface area contributed by atoms with Crippen LogP contribution in [0.2, 0.25) is 0 Å². The van der Waals surface area contributed by atoms with Crippen LogP contribution in [0.4, 0.5) is 0 Å². The maximum Gasteiger partial charge on any atom is 0.144 e. The molecule has 2 aromatic carbocycles. The van der Waals surface area contributed by atoms with E-state index in [0.717, 1.165) is 16.8 Å². The van der Waals surface area contributed by atoms with E-state index in [9.17, 15) is 5.11 Å². The number of oxime groups is 1. The summed E-state index contributed by atoms with van der Waals surface area (Å²) in [5.41, 5.74) is 5.41. The Balaban J connectivity index is 1.44. The van der Waals surface area contributed by atoms with E-state index in [1.807, 2.05) is 24.3 Å². The van der Waals surface area contributed by atoms with E-state index in [-0.39, 0.29) is 6.61 Å². The maximum absolute atomic E-state index is 10.5. The second kappa shape index (κ2) is 7.83. The van der Waals surface area contributed by atoms with Crippen molar-refractivity contribution in [2.45, 2.75) is 51.3 Å². The number of aliphatic hydroxyl groups is 1. The smallest absolute Gasteiger partial charge is 0.144 e. The third-order valence-corrected chi connectivity index (χ3v) is 5.87. The van der Waals surface area contributed by atoms with Crippen LogP contribution in [0, 0.1) is 0 Å². The average molecular weight is 364 g/mol. The summed E-state index contributed by atoms with van der Waals surface area (Å²) in [5, 5.41) is 14.9. The van der Waals surface area contributed by atoms with E-state index < -0.39 is 6.10 Å². The minimum absolute atomic E-state index is 0.212. The van der Waals surface area contributed by atoms with Crippen molar-refractivity contribution >= 4 is 5.71 Å². The number of aliphatic hydroxyl groups excluding tert-OH is 1. The third-order valence-electron chi connectivity index (χ3n) is 5.87. The number of hydrogen-bond acceptors (Lipinski definition) is 4. The Morgan fingerprint density at radius 1 is 0.963 bits per heavy atom. The molecule has 2 aromatic rings.